The molecule has 0 aromatic heterocycles. The highest BCUT2D eigenvalue weighted by Gasteiger charge is 2.16. The molecule has 17 heavy (non-hydrogen) atoms. The summed E-state index contributed by atoms with van der Waals surface area (Å²) in [4.78, 5) is 10.5. The van der Waals surface area contributed by atoms with E-state index in [0.29, 0.717) is 0 Å². The number of aryl methyl sites for hydroxylation is 1. The quantitative estimate of drug-likeness (QED) is 0.822. The van der Waals surface area contributed by atoms with Crippen LogP contribution in [0.3, 0.4) is 0 Å². The fourth-order valence-electron chi connectivity index (χ4n) is 1.70. The zero-order valence-electron chi connectivity index (χ0n) is 9.90. The van der Waals surface area contributed by atoms with Crippen molar-refractivity contribution in [2.24, 2.45) is 11.7 Å². The summed E-state index contributed by atoms with van der Waals surface area (Å²) >= 11 is 6.05. The van der Waals surface area contributed by atoms with Gasteiger partial charge in [-0.15, -0.1) is 0 Å². The van der Waals surface area contributed by atoms with Crippen LogP contribution in [-0.2, 0) is 11.2 Å². The first-order valence-electron chi connectivity index (χ1n) is 5.71. The predicted octanol–water partition coefficient (Wildman–Crippen LogP) is 2.71. The number of carboxylic acids is 1. The summed E-state index contributed by atoms with van der Waals surface area (Å²) in [7, 11) is 0. The summed E-state index contributed by atoms with van der Waals surface area (Å²) in [5.41, 5.74) is 6.89. The zero-order chi connectivity index (χ0) is 12.8. The molecule has 0 amide bonds. The average molecular weight is 256 g/mol. The number of hydrogen-bond acceptors (Lipinski definition) is 2. The Morgan fingerprint density at radius 3 is 2.71 bits per heavy atom. The number of carbonyl (C=O) groups is 1. The molecular weight excluding hydrogens is 238 g/mol. The van der Waals surface area contributed by atoms with E-state index in [1.165, 1.54) is 0 Å². The maximum Gasteiger partial charge on any atom is 0.304 e. The van der Waals surface area contributed by atoms with Gasteiger partial charge < -0.3 is 10.8 Å². The molecule has 1 rings (SSSR count). The summed E-state index contributed by atoms with van der Waals surface area (Å²) in [5, 5.41) is 9.42. The van der Waals surface area contributed by atoms with Crippen LogP contribution in [0.15, 0.2) is 24.3 Å². The van der Waals surface area contributed by atoms with Crippen LogP contribution in [0.4, 0.5) is 0 Å². The number of halogens is 1. The molecule has 1 aromatic carbocycles. The molecular formula is C13H18ClNO2. The van der Waals surface area contributed by atoms with Gasteiger partial charge in [-0.1, -0.05) is 36.7 Å². The second-order valence-electron chi connectivity index (χ2n) is 4.37. The van der Waals surface area contributed by atoms with Gasteiger partial charge >= 0.3 is 5.97 Å². The molecule has 0 aliphatic rings. The van der Waals surface area contributed by atoms with Crippen molar-refractivity contribution in [3.63, 3.8) is 0 Å². The molecule has 0 saturated carbocycles. The first-order valence-corrected chi connectivity index (χ1v) is 6.09. The normalized spacial score (nSPS) is 14.3. The first kappa shape index (κ1) is 14.0. The number of hydrogen-bond donors (Lipinski definition) is 2. The molecule has 0 saturated heterocycles. The molecule has 2 atom stereocenters. The number of rotatable bonds is 6. The summed E-state index contributed by atoms with van der Waals surface area (Å²) in [6, 6.07) is 7.39. The third-order valence-corrected chi connectivity index (χ3v) is 3.34. The second-order valence-corrected chi connectivity index (χ2v) is 4.78. The maximum atomic E-state index is 10.5. The van der Waals surface area contributed by atoms with E-state index in [-0.39, 0.29) is 18.4 Å². The van der Waals surface area contributed by atoms with Crippen LogP contribution in [-0.4, -0.2) is 17.1 Å². The van der Waals surface area contributed by atoms with Crippen molar-refractivity contribution in [1.29, 1.82) is 0 Å². The number of carboxylic acid groups (broad SMARTS) is 1. The third-order valence-electron chi connectivity index (χ3n) is 2.97. The molecule has 4 heteroatoms. The lowest BCUT2D eigenvalue weighted by molar-refractivity contribution is -0.137. The van der Waals surface area contributed by atoms with E-state index in [0.717, 1.165) is 23.4 Å². The van der Waals surface area contributed by atoms with Crippen molar-refractivity contribution >= 4 is 17.6 Å². The molecule has 0 heterocycles. The summed E-state index contributed by atoms with van der Waals surface area (Å²) < 4.78 is 0. The minimum absolute atomic E-state index is 0.0175. The topological polar surface area (TPSA) is 63.3 Å². The van der Waals surface area contributed by atoms with Gasteiger partial charge in [0.2, 0.25) is 0 Å². The van der Waals surface area contributed by atoms with Crippen LogP contribution in [0.2, 0.25) is 5.02 Å². The van der Waals surface area contributed by atoms with Crippen molar-refractivity contribution in [2.75, 3.05) is 0 Å². The lowest BCUT2D eigenvalue weighted by atomic mass is 9.93. The lowest BCUT2D eigenvalue weighted by Crippen LogP contribution is -2.31. The van der Waals surface area contributed by atoms with Crippen LogP contribution in [0.1, 0.15) is 25.3 Å². The highest BCUT2D eigenvalue weighted by atomic mass is 35.5. The van der Waals surface area contributed by atoms with E-state index >= 15 is 0 Å². The monoisotopic (exact) mass is 255 g/mol. The van der Waals surface area contributed by atoms with Gasteiger partial charge in [0.25, 0.3) is 0 Å². The standard InChI is InChI=1S/C13H18ClNO2/c1-9(12(15)8-13(16)17)6-7-10-4-2-3-5-11(10)14/h2-5,9,12H,6-8,15H2,1H3,(H,16,17). The van der Waals surface area contributed by atoms with Crippen LogP contribution in [0.25, 0.3) is 0 Å². The Morgan fingerprint density at radius 1 is 1.47 bits per heavy atom. The summed E-state index contributed by atoms with van der Waals surface area (Å²) in [6.07, 6.45) is 1.69. The molecule has 94 valence electrons. The van der Waals surface area contributed by atoms with Gasteiger partial charge in [0.1, 0.15) is 0 Å². The molecule has 0 fully saturated rings. The van der Waals surface area contributed by atoms with E-state index in [2.05, 4.69) is 0 Å². The Labute approximate surface area is 107 Å². The average Bonchev–Trinajstić information content (AvgIpc) is 2.26. The maximum absolute atomic E-state index is 10.5. The predicted molar refractivity (Wildman–Crippen MR) is 69.2 cm³/mol. The van der Waals surface area contributed by atoms with Crippen LogP contribution >= 0.6 is 11.6 Å². The van der Waals surface area contributed by atoms with Gasteiger partial charge in [-0.05, 0) is 30.4 Å². The van der Waals surface area contributed by atoms with Crippen molar-refractivity contribution in [3.8, 4) is 0 Å². The number of aliphatic carboxylic acids is 1. The highest BCUT2D eigenvalue weighted by molar-refractivity contribution is 6.31. The van der Waals surface area contributed by atoms with Crippen LogP contribution in [0, 0.1) is 5.92 Å². The van der Waals surface area contributed by atoms with E-state index in [1.807, 2.05) is 31.2 Å². The smallest absolute Gasteiger partial charge is 0.304 e. The van der Waals surface area contributed by atoms with E-state index in [1.54, 1.807) is 0 Å². The molecule has 3 nitrogen and oxygen atoms in total. The van der Waals surface area contributed by atoms with Gasteiger partial charge in [0, 0.05) is 11.1 Å². The zero-order valence-corrected chi connectivity index (χ0v) is 10.7. The highest BCUT2D eigenvalue weighted by Crippen LogP contribution is 2.20. The lowest BCUT2D eigenvalue weighted by Gasteiger charge is -2.18. The molecule has 0 aliphatic carbocycles. The van der Waals surface area contributed by atoms with Crippen molar-refractivity contribution in [2.45, 2.75) is 32.2 Å². The Hall–Kier alpha value is -1.06. The van der Waals surface area contributed by atoms with Crippen LogP contribution < -0.4 is 5.73 Å². The van der Waals surface area contributed by atoms with Gasteiger partial charge in [-0.3, -0.25) is 4.79 Å². The van der Waals surface area contributed by atoms with Crippen LogP contribution in [0.5, 0.6) is 0 Å². The third kappa shape index (κ3) is 4.75. The molecule has 0 radical (unpaired) electrons. The summed E-state index contributed by atoms with van der Waals surface area (Å²) in [5.74, 6) is -0.676. The first-order chi connectivity index (χ1) is 8.00. The minimum atomic E-state index is -0.845. The number of nitrogens with two attached hydrogens (primary N) is 1. The Bertz CT molecular complexity index is 381. The van der Waals surface area contributed by atoms with Gasteiger partial charge in [0.05, 0.1) is 6.42 Å². The van der Waals surface area contributed by atoms with E-state index in [9.17, 15) is 4.79 Å². The van der Waals surface area contributed by atoms with Gasteiger partial charge in [-0.25, -0.2) is 0 Å². The molecule has 3 N–H and O–H groups in total. The van der Waals surface area contributed by atoms with E-state index in [4.69, 9.17) is 22.4 Å². The fraction of sp³-hybridized carbons (Fsp3) is 0.462. The second kappa shape index (κ2) is 6.62. The molecule has 0 bridgehead atoms. The minimum Gasteiger partial charge on any atom is -0.481 e. The number of benzene rings is 1. The molecule has 1 aromatic rings. The van der Waals surface area contributed by atoms with Crippen molar-refractivity contribution in [3.05, 3.63) is 34.9 Å². The SMILES string of the molecule is CC(CCc1ccccc1Cl)C(N)CC(=O)O. The Morgan fingerprint density at radius 2 is 2.12 bits per heavy atom. The van der Waals surface area contributed by atoms with Crippen molar-refractivity contribution < 1.29 is 9.90 Å². The Kier molecular flexibility index (Phi) is 5.45. The molecule has 0 aliphatic heterocycles. The molecule has 0 spiro atoms. The van der Waals surface area contributed by atoms with E-state index < -0.39 is 5.97 Å². The Balaban J connectivity index is 2.45. The summed E-state index contributed by atoms with van der Waals surface area (Å²) in [6.45, 7) is 1.98. The van der Waals surface area contributed by atoms with Gasteiger partial charge in [-0.2, -0.15) is 0 Å². The molecule has 2 unspecified atom stereocenters. The fourth-order valence-corrected chi connectivity index (χ4v) is 1.93. The largest absolute Gasteiger partial charge is 0.481 e. The van der Waals surface area contributed by atoms with Gasteiger partial charge in [0.15, 0.2) is 0 Å². The van der Waals surface area contributed by atoms with Crippen molar-refractivity contribution in [1.82, 2.24) is 0 Å².